The van der Waals surface area contributed by atoms with Crippen molar-refractivity contribution in [1.82, 2.24) is 20.1 Å². The Morgan fingerprint density at radius 3 is 3.00 bits per heavy atom. The molecule has 0 aromatic carbocycles. The summed E-state index contributed by atoms with van der Waals surface area (Å²) in [4.78, 5) is 16.4. The number of nitrogens with one attached hydrogen (secondary N) is 1. The molecule has 0 aliphatic heterocycles. The maximum absolute atomic E-state index is 12.1. The molecule has 0 radical (unpaired) electrons. The summed E-state index contributed by atoms with van der Waals surface area (Å²) in [5, 5.41) is 7.13. The van der Waals surface area contributed by atoms with Gasteiger partial charge in [-0.3, -0.25) is 14.5 Å². The highest BCUT2D eigenvalue weighted by Gasteiger charge is 2.13. The molecular formula is C15H21N5O. The zero-order chi connectivity index (χ0) is 15.1. The number of nitrogens with zero attached hydrogens (tertiary/aromatic N) is 3. The zero-order valence-corrected chi connectivity index (χ0v) is 12.2. The molecule has 3 N–H and O–H groups in total. The van der Waals surface area contributed by atoms with Gasteiger partial charge in [0.15, 0.2) is 0 Å². The van der Waals surface area contributed by atoms with Crippen LogP contribution in [0.4, 0.5) is 0 Å². The van der Waals surface area contributed by atoms with Crippen LogP contribution in [-0.4, -0.2) is 33.8 Å². The van der Waals surface area contributed by atoms with Gasteiger partial charge in [-0.2, -0.15) is 5.10 Å². The highest BCUT2D eigenvalue weighted by atomic mass is 16.1. The minimum atomic E-state index is -0.0950. The Labute approximate surface area is 124 Å². The fraction of sp³-hybridized carbons (Fsp3) is 0.400. The van der Waals surface area contributed by atoms with Gasteiger partial charge in [-0.1, -0.05) is 6.07 Å². The zero-order valence-electron chi connectivity index (χ0n) is 12.2. The van der Waals surface area contributed by atoms with Crippen LogP contribution < -0.4 is 11.1 Å². The average Bonchev–Trinajstić information content (AvgIpc) is 2.87. The Bertz CT molecular complexity index is 579. The highest BCUT2D eigenvalue weighted by molar-refractivity contribution is 5.95. The van der Waals surface area contributed by atoms with Crippen molar-refractivity contribution >= 4 is 5.91 Å². The van der Waals surface area contributed by atoms with Crippen molar-refractivity contribution in [2.24, 2.45) is 5.73 Å². The van der Waals surface area contributed by atoms with Crippen molar-refractivity contribution in [3.8, 4) is 0 Å². The minimum absolute atomic E-state index is 0.0950. The topological polar surface area (TPSA) is 85.8 Å². The van der Waals surface area contributed by atoms with E-state index in [9.17, 15) is 4.79 Å². The smallest absolute Gasteiger partial charge is 0.254 e. The third kappa shape index (κ3) is 4.13. The lowest BCUT2D eigenvalue weighted by Gasteiger charge is -2.06. The van der Waals surface area contributed by atoms with E-state index in [-0.39, 0.29) is 5.91 Å². The lowest BCUT2D eigenvalue weighted by atomic mass is 10.2. The van der Waals surface area contributed by atoms with E-state index in [4.69, 9.17) is 5.73 Å². The number of aromatic nitrogens is 3. The molecule has 6 nitrogen and oxygen atoms in total. The molecule has 0 spiro atoms. The Morgan fingerprint density at radius 1 is 1.43 bits per heavy atom. The number of carbonyl (C=O) groups is 1. The lowest BCUT2D eigenvalue weighted by molar-refractivity contribution is 0.0953. The van der Waals surface area contributed by atoms with Crippen molar-refractivity contribution in [2.45, 2.75) is 26.3 Å². The maximum atomic E-state index is 12.1. The highest BCUT2D eigenvalue weighted by Crippen LogP contribution is 2.07. The molecular weight excluding hydrogens is 266 g/mol. The van der Waals surface area contributed by atoms with E-state index in [0.29, 0.717) is 25.1 Å². The molecule has 21 heavy (non-hydrogen) atoms. The Kier molecular flexibility index (Phi) is 5.45. The third-order valence-electron chi connectivity index (χ3n) is 3.31. The van der Waals surface area contributed by atoms with E-state index < -0.39 is 0 Å². The largest absolute Gasteiger partial charge is 0.352 e. The van der Waals surface area contributed by atoms with Crippen molar-refractivity contribution in [2.75, 3.05) is 13.1 Å². The number of amides is 1. The molecule has 0 saturated heterocycles. The molecule has 0 aliphatic rings. The summed E-state index contributed by atoms with van der Waals surface area (Å²) in [6, 6.07) is 5.76. The first kappa shape index (κ1) is 15.2. The molecule has 2 rings (SSSR count). The summed E-state index contributed by atoms with van der Waals surface area (Å²) < 4.78 is 1.82. The summed E-state index contributed by atoms with van der Waals surface area (Å²) in [7, 11) is 0. The van der Waals surface area contributed by atoms with Crippen LogP contribution >= 0.6 is 0 Å². The predicted molar refractivity (Wildman–Crippen MR) is 80.9 cm³/mol. The summed E-state index contributed by atoms with van der Waals surface area (Å²) in [6.07, 6.45) is 4.93. The van der Waals surface area contributed by atoms with Gasteiger partial charge in [0.05, 0.1) is 11.8 Å². The molecule has 0 bridgehead atoms. The third-order valence-corrected chi connectivity index (χ3v) is 3.31. The van der Waals surface area contributed by atoms with E-state index in [1.165, 1.54) is 0 Å². The first-order valence-electron chi connectivity index (χ1n) is 7.13. The molecule has 0 fully saturated rings. The number of hydrogen-bond acceptors (Lipinski definition) is 4. The Hall–Kier alpha value is -2.21. The quantitative estimate of drug-likeness (QED) is 0.792. The number of carbonyl (C=O) groups excluding carboxylic acids is 1. The van der Waals surface area contributed by atoms with E-state index in [1.54, 1.807) is 12.4 Å². The second kappa shape index (κ2) is 7.54. The van der Waals surface area contributed by atoms with Crippen molar-refractivity contribution in [3.63, 3.8) is 0 Å². The fourth-order valence-electron chi connectivity index (χ4n) is 2.08. The number of rotatable bonds is 7. The minimum Gasteiger partial charge on any atom is -0.352 e. The van der Waals surface area contributed by atoms with Gasteiger partial charge in [0.2, 0.25) is 0 Å². The van der Waals surface area contributed by atoms with E-state index in [2.05, 4.69) is 15.4 Å². The van der Waals surface area contributed by atoms with Crippen LogP contribution in [0.1, 0.15) is 28.2 Å². The van der Waals surface area contributed by atoms with Gasteiger partial charge >= 0.3 is 0 Å². The maximum Gasteiger partial charge on any atom is 0.254 e. The molecule has 2 aromatic heterocycles. The standard InChI is InChI=1S/C15H21N5O/c1-12-14(11-19-20(12)10-4-7-16)15(21)18-9-6-13-5-2-3-8-17-13/h2-3,5,8,11H,4,6-7,9-10,16H2,1H3,(H,18,21). The van der Waals surface area contributed by atoms with Gasteiger partial charge in [0.1, 0.15) is 0 Å². The van der Waals surface area contributed by atoms with Gasteiger partial charge in [-0.25, -0.2) is 0 Å². The van der Waals surface area contributed by atoms with E-state index in [1.807, 2.05) is 29.8 Å². The van der Waals surface area contributed by atoms with Crippen LogP contribution in [0.3, 0.4) is 0 Å². The summed E-state index contributed by atoms with van der Waals surface area (Å²) in [6.45, 7) is 3.81. The molecule has 6 heteroatoms. The average molecular weight is 287 g/mol. The van der Waals surface area contributed by atoms with E-state index >= 15 is 0 Å². The predicted octanol–water partition coefficient (Wildman–Crippen LogP) is 0.908. The summed E-state index contributed by atoms with van der Waals surface area (Å²) >= 11 is 0. The van der Waals surface area contributed by atoms with E-state index in [0.717, 1.165) is 24.4 Å². The Morgan fingerprint density at radius 2 is 2.29 bits per heavy atom. The van der Waals surface area contributed by atoms with Gasteiger partial charge in [0.25, 0.3) is 5.91 Å². The molecule has 2 heterocycles. The second-order valence-corrected chi connectivity index (χ2v) is 4.84. The Balaban J connectivity index is 1.87. The van der Waals surface area contributed by atoms with Crippen LogP contribution in [0.2, 0.25) is 0 Å². The number of pyridine rings is 1. The molecule has 112 valence electrons. The van der Waals surface area contributed by atoms with Crippen molar-refractivity contribution < 1.29 is 4.79 Å². The van der Waals surface area contributed by atoms with Crippen LogP contribution in [0.5, 0.6) is 0 Å². The fourth-order valence-corrected chi connectivity index (χ4v) is 2.08. The molecule has 0 aliphatic carbocycles. The number of hydrogen-bond donors (Lipinski definition) is 2. The SMILES string of the molecule is Cc1c(C(=O)NCCc2ccccn2)cnn1CCCN. The van der Waals surface area contributed by atoms with Gasteiger partial charge in [-0.05, 0) is 32.0 Å². The van der Waals surface area contributed by atoms with Gasteiger partial charge in [-0.15, -0.1) is 0 Å². The lowest BCUT2D eigenvalue weighted by Crippen LogP contribution is -2.26. The molecule has 2 aromatic rings. The van der Waals surface area contributed by atoms with Crippen LogP contribution in [-0.2, 0) is 13.0 Å². The first-order chi connectivity index (χ1) is 10.2. The summed E-state index contributed by atoms with van der Waals surface area (Å²) in [5.41, 5.74) is 7.95. The van der Waals surface area contributed by atoms with Crippen molar-refractivity contribution in [1.29, 1.82) is 0 Å². The molecule has 0 unspecified atom stereocenters. The monoisotopic (exact) mass is 287 g/mol. The van der Waals surface area contributed by atoms with Gasteiger partial charge < -0.3 is 11.1 Å². The van der Waals surface area contributed by atoms with Gasteiger partial charge in [0, 0.05) is 37.1 Å². The van der Waals surface area contributed by atoms with Crippen LogP contribution in [0.15, 0.2) is 30.6 Å². The first-order valence-corrected chi connectivity index (χ1v) is 7.13. The van der Waals surface area contributed by atoms with Crippen LogP contribution in [0, 0.1) is 6.92 Å². The molecule has 0 atom stereocenters. The number of aryl methyl sites for hydroxylation is 1. The molecule has 0 saturated carbocycles. The van der Waals surface area contributed by atoms with Crippen molar-refractivity contribution in [3.05, 3.63) is 47.5 Å². The normalized spacial score (nSPS) is 10.6. The van der Waals surface area contributed by atoms with Crippen LogP contribution in [0.25, 0.3) is 0 Å². The summed E-state index contributed by atoms with van der Waals surface area (Å²) in [5.74, 6) is -0.0950. The molecule has 1 amide bonds. The number of nitrogens with two attached hydrogens (primary N) is 1. The second-order valence-electron chi connectivity index (χ2n) is 4.84.